The number of ether oxygens (including phenoxy) is 4. The van der Waals surface area contributed by atoms with Crippen LogP contribution in [0.5, 0.6) is 11.5 Å². The molecule has 0 spiro atoms. The van der Waals surface area contributed by atoms with E-state index in [4.69, 9.17) is 23.4 Å². The Kier molecular flexibility index (Phi) is 6.12. The molecule has 1 fully saturated rings. The van der Waals surface area contributed by atoms with Crippen molar-refractivity contribution in [2.75, 3.05) is 33.5 Å². The van der Waals surface area contributed by atoms with E-state index in [0.29, 0.717) is 24.5 Å². The predicted octanol–water partition coefficient (Wildman–Crippen LogP) is 4.04. The lowest BCUT2D eigenvalue weighted by Gasteiger charge is -2.22. The number of benzene rings is 2. The van der Waals surface area contributed by atoms with Gasteiger partial charge in [-0.3, -0.25) is 0 Å². The van der Waals surface area contributed by atoms with Crippen LogP contribution in [0.1, 0.15) is 12.8 Å². The van der Waals surface area contributed by atoms with E-state index in [9.17, 15) is 4.79 Å². The molecular formula is C23H24O6. The Morgan fingerprint density at radius 3 is 2.48 bits per heavy atom. The molecule has 0 unspecified atom stereocenters. The highest BCUT2D eigenvalue weighted by atomic mass is 16.5. The molecule has 6 nitrogen and oxygen atoms in total. The van der Waals surface area contributed by atoms with E-state index in [2.05, 4.69) is 0 Å². The molecule has 1 aliphatic heterocycles. The summed E-state index contributed by atoms with van der Waals surface area (Å²) in [6.45, 7) is 2.58. The Balaban J connectivity index is 1.44. The maximum atomic E-state index is 12.0. The van der Waals surface area contributed by atoms with Crippen molar-refractivity contribution < 1.29 is 23.4 Å². The topological polar surface area (TPSA) is 67.1 Å². The first-order chi connectivity index (χ1) is 14.2. The molecule has 2 aromatic carbocycles. The molecule has 0 aliphatic carbocycles. The number of hydrogen-bond donors (Lipinski definition) is 0. The Morgan fingerprint density at radius 2 is 1.72 bits per heavy atom. The molecule has 0 bridgehead atoms. The minimum atomic E-state index is -0.386. The summed E-state index contributed by atoms with van der Waals surface area (Å²) in [7, 11) is 1.61. The predicted molar refractivity (Wildman–Crippen MR) is 110 cm³/mol. The van der Waals surface area contributed by atoms with Crippen molar-refractivity contribution in [1.29, 1.82) is 0 Å². The van der Waals surface area contributed by atoms with Crippen LogP contribution < -0.4 is 15.1 Å². The number of fused-ring (bicyclic) bond motifs is 1. The molecule has 29 heavy (non-hydrogen) atoms. The third-order valence-corrected chi connectivity index (χ3v) is 4.99. The van der Waals surface area contributed by atoms with Crippen LogP contribution >= 0.6 is 0 Å². The van der Waals surface area contributed by atoms with Gasteiger partial charge in [0.1, 0.15) is 23.7 Å². The summed E-state index contributed by atoms with van der Waals surface area (Å²) in [5.41, 5.74) is 1.84. The van der Waals surface area contributed by atoms with Gasteiger partial charge in [0.15, 0.2) is 0 Å². The fraction of sp³-hybridized carbons (Fsp3) is 0.348. The van der Waals surface area contributed by atoms with E-state index in [1.165, 1.54) is 6.07 Å². The third kappa shape index (κ3) is 4.78. The van der Waals surface area contributed by atoms with Crippen molar-refractivity contribution in [3.05, 3.63) is 59.0 Å². The zero-order chi connectivity index (χ0) is 20.1. The molecule has 0 amide bonds. The Bertz CT molecular complexity index is 1000. The van der Waals surface area contributed by atoms with Crippen molar-refractivity contribution in [2.45, 2.75) is 18.9 Å². The van der Waals surface area contributed by atoms with Crippen LogP contribution in [0.4, 0.5) is 0 Å². The van der Waals surface area contributed by atoms with Crippen LogP contribution in [-0.4, -0.2) is 39.6 Å². The molecule has 0 radical (unpaired) electrons. The van der Waals surface area contributed by atoms with E-state index >= 15 is 0 Å². The lowest BCUT2D eigenvalue weighted by Crippen LogP contribution is -2.25. The van der Waals surface area contributed by atoms with Gasteiger partial charge in [0.25, 0.3) is 0 Å². The summed E-state index contributed by atoms with van der Waals surface area (Å²) in [5, 5.41) is 0.822. The molecule has 0 atom stereocenters. The molecule has 0 N–H and O–H groups in total. The monoisotopic (exact) mass is 396 g/mol. The van der Waals surface area contributed by atoms with Gasteiger partial charge in [-0.25, -0.2) is 4.79 Å². The minimum Gasteiger partial charge on any atom is -0.497 e. The first-order valence-corrected chi connectivity index (χ1v) is 9.77. The number of hydrogen-bond acceptors (Lipinski definition) is 6. The molecule has 1 aromatic heterocycles. The summed E-state index contributed by atoms with van der Waals surface area (Å²) in [6, 6.07) is 14.5. The van der Waals surface area contributed by atoms with Crippen molar-refractivity contribution in [2.24, 2.45) is 0 Å². The summed E-state index contributed by atoms with van der Waals surface area (Å²) in [5.74, 6) is 1.46. The highest BCUT2D eigenvalue weighted by Crippen LogP contribution is 2.31. The lowest BCUT2D eigenvalue weighted by molar-refractivity contribution is -0.0388. The van der Waals surface area contributed by atoms with Crippen LogP contribution in [0, 0.1) is 0 Å². The Hall–Kier alpha value is -2.83. The summed E-state index contributed by atoms with van der Waals surface area (Å²) < 4.78 is 27.5. The number of methoxy groups -OCH3 is 1. The molecule has 1 saturated heterocycles. The van der Waals surface area contributed by atoms with Crippen LogP contribution in [0.3, 0.4) is 0 Å². The van der Waals surface area contributed by atoms with Gasteiger partial charge < -0.3 is 23.4 Å². The molecule has 2 heterocycles. The van der Waals surface area contributed by atoms with Crippen LogP contribution in [0.2, 0.25) is 0 Å². The molecule has 1 aliphatic rings. The molecule has 6 heteroatoms. The van der Waals surface area contributed by atoms with Gasteiger partial charge in [0.05, 0.1) is 19.8 Å². The van der Waals surface area contributed by atoms with Gasteiger partial charge in [-0.2, -0.15) is 0 Å². The van der Waals surface area contributed by atoms with Crippen molar-refractivity contribution in [3.8, 4) is 22.6 Å². The number of rotatable bonds is 7. The van der Waals surface area contributed by atoms with Crippen LogP contribution in [-0.2, 0) is 9.47 Å². The second kappa shape index (κ2) is 9.11. The van der Waals surface area contributed by atoms with Crippen molar-refractivity contribution in [3.63, 3.8) is 0 Å². The van der Waals surface area contributed by atoms with Crippen molar-refractivity contribution in [1.82, 2.24) is 0 Å². The first-order valence-electron chi connectivity index (χ1n) is 9.77. The maximum Gasteiger partial charge on any atom is 0.336 e. The molecule has 0 saturated carbocycles. The fourth-order valence-corrected chi connectivity index (χ4v) is 3.46. The Labute approximate surface area is 169 Å². The first kappa shape index (κ1) is 19.5. The van der Waals surface area contributed by atoms with E-state index in [-0.39, 0.29) is 11.7 Å². The third-order valence-electron chi connectivity index (χ3n) is 4.99. The molecule has 3 aromatic rings. The molecule has 152 valence electrons. The van der Waals surface area contributed by atoms with E-state index < -0.39 is 0 Å². The van der Waals surface area contributed by atoms with E-state index in [1.807, 2.05) is 30.3 Å². The van der Waals surface area contributed by atoms with Gasteiger partial charge >= 0.3 is 5.63 Å². The van der Waals surface area contributed by atoms with E-state index in [0.717, 1.165) is 48.3 Å². The standard InChI is InChI=1S/C23H24O6/c1-25-19-6-7-22-21(14-19)20(15-23(24)29-22)16-2-4-17(5-3-16)27-12-13-28-18-8-10-26-11-9-18/h2-7,14-15,18H,8-13H2,1H3. The van der Waals surface area contributed by atoms with Gasteiger partial charge in [0, 0.05) is 24.7 Å². The van der Waals surface area contributed by atoms with Gasteiger partial charge in [-0.05, 0) is 54.3 Å². The average molecular weight is 396 g/mol. The largest absolute Gasteiger partial charge is 0.497 e. The fourth-order valence-electron chi connectivity index (χ4n) is 3.46. The SMILES string of the molecule is COc1ccc2oc(=O)cc(-c3ccc(OCCOC4CCOCC4)cc3)c2c1. The highest BCUT2D eigenvalue weighted by Gasteiger charge is 2.14. The van der Waals surface area contributed by atoms with Gasteiger partial charge in [-0.1, -0.05) is 12.1 Å². The van der Waals surface area contributed by atoms with Gasteiger partial charge in [0.2, 0.25) is 0 Å². The smallest absolute Gasteiger partial charge is 0.336 e. The second-order valence-electron chi connectivity index (χ2n) is 6.90. The van der Waals surface area contributed by atoms with Crippen molar-refractivity contribution >= 4 is 11.0 Å². The summed E-state index contributed by atoms with van der Waals surface area (Å²) >= 11 is 0. The maximum absolute atomic E-state index is 12.0. The Morgan fingerprint density at radius 1 is 0.966 bits per heavy atom. The van der Waals surface area contributed by atoms with Gasteiger partial charge in [-0.15, -0.1) is 0 Å². The lowest BCUT2D eigenvalue weighted by atomic mass is 10.0. The summed E-state index contributed by atoms with van der Waals surface area (Å²) in [4.78, 5) is 12.0. The zero-order valence-electron chi connectivity index (χ0n) is 16.4. The highest BCUT2D eigenvalue weighted by molar-refractivity contribution is 5.94. The normalized spacial score (nSPS) is 14.8. The van der Waals surface area contributed by atoms with Crippen LogP contribution in [0.25, 0.3) is 22.1 Å². The second-order valence-corrected chi connectivity index (χ2v) is 6.90. The summed E-state index contributed by atoms with van der Waals surface area (Å²) in [6.07, 6.45) is 2.15. The van der Waals surface area contributed by atoms with Crippen LogP contribution in [0.15, 0.2) is 57.7 Å². The molecular weight excluding hydrogens is 372 g/mol. The minimum absolute atomic E-state index is 0.268. The molecule has 4 rings (SSSR count). The quantitative estimate of drug-likeness (QED) is 0.444. The average Bonchev–Trinajstić information content (AvgIpc) is 2.77. The zero-order valence-corrected chi connectivity index (χ0v) is 16.4. The van der Waals surface area contributed by atoms with E-state index in [1.54, 1.807) is 19.2 Å².